The molecule has 0 aliphatic carbocycles. The molecule has 4 heteroatoms. The van der Waals surface area contributed by atoms with E-state index in [1.165, 1.54) is 0 Å². The molecule has 0 spiro atoms. The molecule has 0 saturated carbocycles. The van der Waals surface area contributed by atoms with Crippen LogP contribution in [-0.4, -0.2) is 11.7 Å². The highest BCUT2D eigenvalue weighted by molar-refractivity contribution is 5.38. The second-order valence-corrected chi connectivity index (χ2v) is 3.52. The smallest absolute Gasteiger partial charge is 0.395 e. The summed E-state index contributed by atoms with van der Waals surface area (Å²) in [5.74, 6) is 0.532. The van der Waals surface area contributed by atoms with Crippen molar-refractivity contribution in [1.82, 2.24) is 0 Å². The van der Waals surface area contributed by atoms with Gasteiger partial charge < -0.3 is 5.11 Å². The van der Waals surface area contributed by atoms with E-state index in [0.29, 0.717) is 17.0 Å². The van der Waals surface area contributed by atoms with Crippen LogP contribution in [0.3, 0.4) is 0 Å². The summed E-state index contributed by atoms with van der Waals surface area (Å²) in [5, 5.41) is 8.85. The third-order valence-electron chi connectivity index (χ3n) is 2.13. The Morgan fingerprint density at radius 2 is 1.87 bits per heavy atom. The van der Waals surface area contributed by atoms with Crippen molar-refractivity contribution in [3.63, 3.8) is 0 Å². The number of rotatable bonds is 2. The molecule has 15 heavy (non-hydrogen) atoms. The maximum atomic E-state index is 12.4. The van der Waals surface area contributed by atoms with E-state index in [-0.39, 0.29) is 6.61 Å². The minimum absolute atomic E-state index is 0.235. The van der Waals surface area contributed by atoms with Crippen molar-refractivity contribution in [3.05, 3.63) is 40.8 Å². The predicted molar refractivity (Wildman–Crippen MR) is 51.3 cm³/mol. The first kappa shape index (κ1) is 12.0. The van der Waals surface area contributed by atoms with Gasteiger partial charge in [-0.05, 0) is 24.6 Å². The Bertz CT molecular complexity index is 344. The van der Waals surface area contributed by atoms with Crippen LogP contribution in [0.2, 0.25) is 0 Å². The highest BCUT2D eigenvalue weighted by atomic mass is 19.4. The zero-order valence-corrected chi connectivity index (χ0v) is 8.52. The van der Waals surface area contributed by atoms with Crippen molar-refractivity contribution >= 4 is 0 Å². The van der Waals surface area contributed by atoms with E-state index in [9.17, 15) is 13.2 Å². The van der Waals surface area contributed by atoms with Crippen LogP contribution in [0.4, 0.5) is 13.2 Å². The van der Waals surface area contributed by atoms with Crippen LogP contribution < -0.4 is 0 Å². The van der Waals surface area contributed by atoms with Gasteiger partial charge in [-0.15, -0.1) is 0 Å². The van der Waals surface area contributed by atoms with E-state index < -0.39 is 11.7 Å². The fourth-order valence-corrected chi connectivity index (χ4v) is 1.28. The van der Waals surface area contributed by atoms with E-state index in [4.69, 9.17) is 5.11 Å². The summed E-state index contributed by atoms with van der Waals surface area (Å²) in [6, 6.07) is 3.77. The summed E-state index contributed by atoms with van der Waals surface area (Å²) < 4.78 is 37.3. The molecule has 1 N–H and O–H groups in total. The summed E-state index contributed by atoms with van der Waals surface area (Å²) in [7, 11) is 0. The Labute approximate surface area is 86.5 Å². The van der Waals surface area contributed by atoms with Gasteiger partial charge in [0.15, 0.2) is 0 Å². The largest absolute Gasteiger partial charge is 0.416 e. The van der Waals surface area contributed by atoms with Gasteiger partial charge in [-0.3, -0.25) is 0 Å². The number of aliphatic hydroxyl groups is 1. The average molecular weight is 217 g/mol. The minimum Gasteiger partial charge on any atom is -0.395 e. The maximum absolute atomic E-state index is 12.4. The molecular formula is C11H12F3O. The van der Waals surface area contributed by atoms with Gasteiger partial charge in [-0.1, -0.05) is 18.6 Å². The molecular weight excluding hydrogens is 205 g/mol. The van der Waals surface area contributed by atoms with Crippen molar-refractivity contribution in [2.45, 2.75) is 20.0 Å². The normalized spacial score (nSPS) is 12.2. The Kier molecular flexibility index (Phi) is 3.39. The average Bonchev–Trinajstić information content (AvgIpc) is 2.14. The lowest BCUT2D eigenvalue weighted by atomic mass is 9.97. The lowest BCUT2D eigenvalue weighted by Crippen LogP contribution is -2.08. The molecule has 1 rings (SSSR count). The summed E-state index contributed by atoms with van der Waals surface area (Å²) in [6.45, 7) is 2.97. The fraction of sp³-hybridized carbons (Fsp3) is 0.364. The second-order valence-electron chi connectivity index (χ2n) is 3.52. The molecule has 0 aliphatic rings. The lowest BCUT2D eigenvalue weighted by molar-refractivity contribution is -0.137. The van der Waals surface area contributed by atoms with Crippen LogP contribution in [0, 0.1) is 12.8 Å². The number of aryl methyl sites for hydroxylation is 1. The summed E-state index contributed by atoms with van der Waals surface area (Å²) >= 11 is 0. The molecule has 0 unspecified atom stereocenters. The van der Waals surface area contributed by atoms with E-state index in [1.54, 1.807) is 19.9 Å². The van der Waals surface area contributed by atoms with Crippen LogP contribution in [0.5, 0.6) is 0 Å². The maximum Gasteiger partial charge on any atom is 0.416 e. The van der Waals surface area contributed by atoms with Crippen molar-refractivity contribution < 1.29 is 18.3 Å². The molecule has 1 radical (unpaired) electrons. The van der Waals surface area contributed by atoms with Gasteiger partial charge in [0.25, 0.3) is 0 Å². The van der Waals surface area contributed by atoms with Gasteiger partial charge in [0.05, 0.1) is 12.2 Å². The molecule has 0 saturated heterocycles. The number of benzene rings is 1. The molecule has 0 atom stereocenters. The Hall–Kier alpha value is -1.03. The van der Waals surface area contributed by atoms with E-state index in [1.807, 2.05) is 0 Å². The van der Waals surface area contributed by atoms with Crippen LogP contribution in [-0.2, 0) is 6.18 Å². The summed E-state index contributed by atoms with van der Waals surface area (Å²) in [6.07, 6.45) is -4.34. The minimum atomic E-state index is -4.34. The first-order valence-electron chi connectivity index (χ1n) is 4.47. The highest BCUT2D eigenvalue weighted by Gasteiger charge is 2.31. The first-order chi connectivity index (χ1) is 6.84. The highest BCUT2D eigenvalue weighted by Crippen LogP contribution is 2.31. The fourth-order valence-electron chi connectivity index (χ4n) is 1.28. The SMILES string of the molecule is C[C](CO)c1cc(C)cc(C(F)(F)F)c1. The predicted octanol–water partition coefficient (Wildman–Crippen LogP) is 2.95. The van der Waals surface area contributed by atoms with E-state index in [2.05, 4.69) is 0 Å². The monoisotopic (exact) mass is 217 g/mol. The van der Waals surface area contributed by atoms with Gasteiger partial charge in [0, 0.05) is 5.92 Å². The molecule has 0 aliphatic heterocycles. The molecule has 1 aromatic carbocycles. The molecule has 0 amide bonds. The lowest BCUT2D eigenvalue weighted by Gasteiger charge is -2.13. The number of hydrogen-bond acceptors (Lipinski definition) is 1. The number of halogens is 3. The van der Waals surface area contributed by atoms with Crippen LogP contribution in [0.1, 0.15) is 23.6 Å². The number of alkyl halides is 3. The van der Waals surface area contributed by atoms with Crippen LogP contribution in [0.15, 0.2) is 18.2 Å². The van der Waals surface area contributed by atoms with Gasteiger partial charge >= 0.3 is 6.18 Å². The quantitative estimate of drug-likeness (QED) is 0.807. The molecule has 1 nitrogen and oxygen atoms in total. The number of hydrogen-bond donors (Lipinski definition) is 1. The molecule has 0 fully saturated rings. The standard InChI is InChI=1S/C11H12F3O/c1-7-3-9(8(2)6-15)5-10(4-7)11(12,13)14/h3-5,15H,6H2,1-2H3. The third-order valence-corrected chi connectivity index (χ3v) is 2.13. The molecule has 83 valence electrons. The molecule has 1 aromatic rings. The Balaban J connectivity index is 3.17. The topological polar surface area (TPSA) is 20.2 Å². The molecule has 0 aromatic heterocycles. The first-order valence-corrected chi connectivity index (χ1v) is 4.47. The Morgan fingerprint density at radius 1 is 1.27 bits per heavy atom. The molecule has 0 heterocycles. The van der Waals surface area contributed by atoms with Crippen LogP contribution >= 0.6 is 0 Å². The molecule has 0 bridgehead atoms. The van der Waals surface area contributed by atoms with Crippen molar-refractivity contribution in [3.8, 4) is 0 Å². The third kappa shape index (κ3) is 2.96. The van der Waals surface area contributed by atoms with Crippen molar-refractivity contribution in [2.75, 3.05) is 6.61 Å². The zero-order chi connectivity index (χ0) is 11.6. The van der Waals surface area contributed by atoms with Gasteiger partial charge in [0.2, 0.25) is 0 Å². The number of aliphatic hydroxyl groups excluding tert-OH is 1. The van der Waals surface area contributed by atoms with Crippen molar-refractivity contribution in [2.24, 2.45) is 0 Å². The van der Waals surface area contributed by atoms with Crippen LogP contribution in [0.25, 0.3) is 0 Å². The van der Waals surface area contributed by atoms with Gasteiger partial charge in [-0.2, -0.15) is 13.2 Å². The Morgan fingerprint density at radius 3 is 2.33 bits per heavy atom. The van der Waals surface area contributed by atoms with Gasteiger partial charge in [0.1, 0.15) is 0 Å². The van der Waals surface area contributed by atoms with Gasteiger partial charge in [-0.25, -0.2) is 0 Å². The summed E-state index contributed by atoms with van der Waals surface area (Å²) in [5.41, 5.74) is 0.294. The van der Waals surface area contributed by atoms with E-state index in [0.717, 1.165) is 12.1 Å². The summed E-state index contributed by atoms with van der Waals surface area (Å²) in [4.78, 5) is 0. The van der Waals surface area contributed by atoms with E-state index >= 15 is 0 Å². The second kappa shape index (κ2) is 4.23. The zero-order valence-electron chi connectivity index (χ0n) is 8.52. The van der Waals surface area contributed by atoms with Crippen molar-refractivity contribution in [1.29, 1.82) is 0 Å².